The molecule has 2 N–H and O–H groups in total. The van der Waals surface area contributed by atoms with E-state index in [-0.39, 0.29) is 5.82 Å². The van der Waals surface area contributed by atoms with Crippen molar-refractivity contribution in [2.24, 2.45) is 0 Å². The number of nitrogen functional groups attached to an aromatic ring is 1. The van der Waals surface area contributed by atoms with Gasteiger partial charge in [0, 0.05) is 23.0 Å². The molecule has 0 spiro atoms. The van der Waals surface area contributed by atoms with Crippen LogP contribution < -0.4 is 5.73 Å². The molecule has 0 saturated carbocycles. The summed E-state index contributed by atoms with van der Waals surface area (Å²) in [6.07, 6.45) is 3.26. The van der Waals surface area contributed by atoms with Crippen LogP contribution in [-0.2, 0) is 6.54 Å². The molecule has 0 aliphatic rings. The molecule has 0 fully saturated rings. The first-order valence-corrected chi connectivity index (χ1v) is 4.75. The van der Waals surface area contributed by atoms with E-state index in [1.54, 1.807) is 23.0 Å². The van der Waals surface area contributed by atoms with Crippen molar-refractivity contribution in [3.05, 3.63) is 47.0 Å². The van der Waals surface area contributed by atoms with Crippen molar-refractivity contribution < 1.29 is 4.39 Å². The van der Waals surface area contributed by atoms with E-state index in [0.29, 0.717) is 23.1 Å². The molecule has 0 aliphatic heterocycles. The Morgan fingerprint density at radius 3 is 2.93 bits per heavy atom. The highest BCUT2D eigenvalue weighted by molar-refractivity contribution is 6.30. The van der Waals surface area contributed by atoms with Crippen LogP contribution in [0.3, 0.4) is 0 Å². The quantitative estimate of drug-likeness (QED) is 0.853. The first-order valence-electron chi connectivity index (χ1n) is 4.37. The predicted molar refractivity (Wildman–Crippen MR) is 57.2 cm³/mol. The molecule has 78 valence electrons. The molecule has 1 heterocycles. The number of rotatable bonds is 2. The van der Waals surface area contributed by atoms with Crippen molar-refractivity contribution in [3.63, 3.8) is 0 Å². The largest absolute Gasteiger partial charge is 0.369 e. The fourth-order valence-corrected chi connectivity index (χ4v) is 1.52. The highest BCUT2D eigenvalue weighted by Gasteiger charge is 2.05. The molecular weight excluding hydrogens is 217 g/mol. The fourth-order valence-electron chi connectivity index (χ4n) is 1.32. The summed E-state index contributed by atoms with van der Waals surface area (Å²) < 4.78 is 15.0. The summed E-state index contributed by atoms with van der Waals surface area (Å²) in [5.41, 5.74) is 6.07. The average molecular weight is 226 g/mol. The summed E-state index contributed by atoms with van der Waals surface area (Å²) in [7, 11) is 0. The molecule has 1 aromatic heterocycles. The molecule has 0 unspecified atom stereocenters. The molecule has 2 aromatic rings. The first kappa shape index (κ1) is 9.98. The standard InChI is InChI=1S/C10H9ClFN3/c11-8-1-2-9(12)7(5-8)6-15-4-3-14-10(15)13/h1-5H,6H2,(H2,13,14). The van der Waals surface area contributed by atoms with Gasteiger partial charge in [0.2, 0.25) is 0 Å². The molecule has 5 heteroatoms. The zero-order valence-corrected chi connectivity index (χ0v) is 8.58. The second kappa shape index (κ2) is 3.90. The molecule has 0 aliphatic carbocycles. The van der Waals surface area contributed by atoms with Crippen molar-refractivity contribution in [2.45, 2.75) is 6.54 Å². The summed E-state index contributed by atoms with van der Waals surface area (Å²) in [6, 6.07) is 4.43. The Balaban J connectivity index is 2.32. The number of aromatic nitrogens is 2. The van der Waals surface area contributed by atoms with Crippen LogP contribution >= 0.6 is 11.6 Å². The lowest BCUT2D eigenvalue weighted by molar-refractivity contribution is 0.600. The first-order chi connectivity index (χ1) is 7.16. The van der Waals surface area contributed by atoms with Gasteiger partial charge in [0.1, 0.15) is 5.82 Å². The zero-order valence-electron chi connectivity index (χ0n) is 7.82. The third-order valence-corrected chi connectivity index (χ3v) is 2.33. The monoisotopic (exact) mass is 225 g/mol. The minimum absolute atomic E-state index is 0.299. The van der Waals surface area contributed by atoms with Crippen LogP contribution in [0.1, 0.15) is 5.56 Å². The van der Waals surface area contributed by atoms with Crippen molar-refractivity contribution in [1.82, 2.24) is 9.55 Å². The maximum absolute atomic E-state index is 13.4. The Kier molecular flexibility index (Phi) is 2.60. The third-order valence-electron chi connectivity index (χ3n) is 2.10. The molecule has 1 aromatic carbocycles. The van der Waals surface area contributed by atoms with Gasteiger partial charge < -0.3 is 10.3 Å². The maximum atomic E-state index is 13.4. The molecule has 2 rings (SSSR count). The highest BCUT2D eigenvalue weighted by Crippen LogP contribution is 2.16. The third kappa shape index (κ3) is 2.10. The molecule has 0 amide bonds. The summed E-state index contributed by atoms with van der Waals surface area (Å²) in [4.78, 5) is 3.85. The van der Waals surface area contributed by atoms with E-state index < -0.39 is 0 Å². The van der Waals surface area contributed by atoms with Crippen LogP contribution in [-0.4, -0.2) is 9.55 Å². The molecule has 3 nitrogen and oxygen atoms in total. The number of halogens is 2. The molecule has 0 radical (unpaired) electrons. The number of nitrogens with zero attached hydrogens (tertiary/aromatic N) is 2. The fraction of sp³-hybridized carbons (Fsp3) is 0.100. The van der Waals surface area contributed by atoms with Gasteiger partial charge in [0.15, 0.2) is 5.95 Å². The van der Waals surface area contributed by atoms with E-state index in [0.717, 1.165) is 0 Å². The van der Waals surface area contributed by atoms with Gasteiger partial charge in [0.05, 0.1) is 6.54 Å². The topological polar surface area (TPSA) is 43.8 Å². The number of hydrogen-bond acceptors (Lipinski definition) is 2. The Hall–Kier alpha value is -1.55. The van der Waals surface area contributed by atoms with Gasteiger partial charge in [-0.15, -0.1) is 0 Å². The Labute approximate surface area is 91.3 Å². The highest BCUT2D eigenvalue weighted by atomic mass is 35.5. The number of hydrogen-bond donors (Lipinski definition) is 1. The SMILES string of the molecule is Nc1nccn1Cc1cc(Cl)ccc1F. The molecule has 0 saturated heterocycles. The number of benzene rings is 1. The van der Waals surface area contributed by atoms with Crippen LogP contribution in [0, 0.1) is 5.82 Å². The molecular formula is C10H9ClFN3. The van der Waals surface area contributed by atoms with E-state index >= 15 is 0 Å². The summed E-state index contributed by atoms with van der Waals surface area (Å²) in [5.74, 6) is 0.0573. The van der Waals surface area contributed by atoms with E-state index in [4.69, 9.17) is 17.3 Å². The minimum Gasteiger partial charge on any atom is -0.369 e. The molecule has 0 bridgehead atoms. The molecule has 0 atom stereocenters. The average Bonchev–Trinajstić information content (AvgIpc) is 2.58. The van der Waals surface area contributed by atoms with Crippen LogP contribution in [0.5, 0.6) is 0 Å². The Morgan fingerprint density at radius 1 is 1.47 bits per heavy atom. The zero-order chi connectivity index (χ0) is 10.8. The lowest BCUT2D eigenvalue weighted by Crippen LogP contribution is -2.05. The van der Waals surface area contributed by atoms with Gasteiger partial charge in [-0.25, -0.2) is 9.37 Å². The van der Waals surface area contributed by atoms with E-state index in [9.17, 15) is 4.39 Å². The Morgan fingerprint density at radius 2 is 2.27 bits per heavy atom. The summed E-state index contributed by atoms with van der Waals surface area (Å²) in [5, 5.41) is 0.505. The van der Waals surface area contributed by atoms with Crippen LogP contribution in [0.15, 0.2) is 30.6 Å². The second-order valence-electron chi connectivity index (χ2n) is 3.15. The number of nitrogens with two attached hydrogens (primary N) is 1. The number of anilines is 1. The van der Waals surface area contributed by atoms with Crippen molar-refractivity contribution >= 4 is 17.5 Å². The van der Waals surface area contributed by atoms with Crippen LogP contribution in [0.4, 0.5) is 10.3 Å². The van der Waals surface area contributed by atoms with Gasteiger partial charge >= 0.3 is 0 Å². The number of imidazole rings is 1. The van der Waals surface area contributed by atoms with E-state index in [1.165, 1.54) is 12.1 Å². The normalized spacial score (nSPS) is 10.5. The van der Waals surface area contributed by atoms with Gasteiger partial charge in [-0.1, -0.05) is 11.6 Å². The lowest BCUT2D eigenvalue weighted by atomic mass is 10.2. The van der Waals surface area contributed by atoms with Crippen molar-refractivity contribution in [2.75, 3.05) is 5.73 Å². The maximum Gasteiger partial charge on any atom is 0.200 e. The summed E-state index contributed by atoms with van der Waals surface area (Å²) in [6.45, 7) is 0.332. The molecule has 15 heavy (non-hydrogen) atoms. The van der Waals surface area contributed by atoms with Crippen LogP contribution in [0.2, 0.25) is 5.02 Å². The minimum atomic E-state index is -0.299. The van der Waals surface area contributed by atoms with Gasteiger partial charge in [-0.2, -0.15) is 0 Å². The smallest absolute Gasteiger partial charge is 0.200 e. The van der Waals surface area contributed by atoms with Gasteiger partial charge in [-0.3, -0.25) is 0 Å². The van der Waals surface area contributed by atoms with Gasteiger partial charge in [0.25, 0.3) is 0 Å². The Bertz CT molecular complexity index is 481. The summed E-state index contributed by atoms with van der Waals surface area (Å²) >= 11 is 5.77. The van der Waals surface area contributed by atoms with Crippen molar-refractivity contribution in [3.8, 4) is 0 Å². The lowest BCUT2D eigenvalue weighted by Gasteiger charge is -2.06. The predicted octanol–water partition coefficient (Wildman–Crippen LogP) is 2.31. The van der Waals surface area contributed by atoms with Crippen LogP contribution in [0.25, 0.3) is 0 Å². The van der Waals surface area contributed by atoms with E-state index in [2.05, 4.69) is 4.98 Å². The van der Waals surface area contributed by atoms with Crippen molar-refractivity contribution in [1.29, 1.82) is 0 Å². The van der Waals surface area contributed by atoms with E-state index in [1.807, 2.05) is 0 Å². The van der Waals surface area contributed by atoms with Gasteiger partial charge in [-0.05, 0) is 18.2 Å². The second-order valence-corrected chi connectivity index (χ2v) is 3.59.